The summed E-state index contributed by atoms with van der Waals surface area (Å²) in [5, 5.41) is 3.45. The highest BCUT2D eigenvalue weighted by Crippen LogP contribution is 2.39. The molecular weight excluding hydrogens is 294 g/mol. The maximum Gasteiger partial charge on any atom is 0.0672 e. The van der Waals surface area contributed by atoms with E-state index in [0.717, 1.165) is 26.1 Å². The fraction of sp³-hybridized carbons (Fsp3) is 0.389. The summed E-state index contributed by atoms with van der Waals surface area (Å²) in [6.07, 6.45) is 5.47. The van der Waals surface area contributed by atoms with E-state index >= 15 is 0 Å². The lowest BCUT2D eigenvalue weighted by atomic mass is 9.92. The van der Waals surface area contributed by atoms with Crippen molar-refractivity contribution in [3.63, 3.8) is 0 Å². The largest absolute Gasteiger partial charge is 0.339 e. The van der Waals surface area contributed by atoms with Crippen LogP contribution < -0.4 is 10.2 Å². The smallest absolute Gasteiger partial charge is 0.0672 e. The van der Waals surface area contributed by atoms with Crippen molar-refractivity contribution >= 4 is 23.8 Å². The van der Waals surface area contributed by atoms with Crippen molar-refractivity contribution in [1.29, 1.82) is 0 Å². The summed E-state index contributed by atoms with van der Waals surface area (Å²) in [5.41, 5.74) is 5.42. The molecule has 0 bridgehead atoms. The number of para-hydroxylation sites is 1. The maximum absolute atomic E-state index is 4.75. The lowest BCUT2D eigenvalue weighted by Crippen LogP contribution is -2.28. The molecule has 1 fully saturated rings. The summed E-state index contributed by atoms with van der Waals surface area (Å²) >= 11 is 0. The molecule has 2 aliphatic heterocycles. The van der Waals surface area contributed by atoms with Crippen molar-refractivity contribution in [3.8, 4) is 0 Å². The zero-order valence-electron chi connectivity index (χ0n) is 12.7. The van der Waals surface area contributed by atoms with Crippen LogP contribution in [0.25, 0.3) is 0 Å². The number of nitrogens with one attached hydrogen (secondary N) is 1. The third-order valence-corrected chi connectivity index (χ3v) is 4.72. The Hall–Kier alpha value is -1.58. The number of halogens is 1. The number of anilines is 2. The van der Waals surface area contributed by atoms with Gasteiger partial charge in [0.1, 0.15) is 0 Å². The number of nitrogens with zero attached hydrogens (tertiary/aromatic N) is 2. The molecule has 0 radical (unpaired) electrons. The minimum Gasteiger partial charge on any atom is -0.339 e. The van der Waals surface area contributed by atoms with E-state index < -0.39 is 0 Å². The van der Waals surface area contributed by atoms with Gasteiger partial charge in [-0.1, -0.05) is 18.2 Å². The molecule has 1 N–H and O–H groups in total. The van der Waals surface area contributed by atoms with Gasteiger partial charge in [-0.25, -0.2) is 0 Å². The first-order valence-corrected chi connectivity index (χ1v) is 7.94. The quantitative estimate of drug-likeness (QED) is 0.916. The predicted octanol–water partition coefficient (Wildman–Crippen LogP) is 3.66. The topological polar surface area (TPSA) is 28.2 Å². The first-order chi connectivity index (χ1) is 10.4. The summed E-state index contributed by atoms with van der Waals surface area (Å²) in [6, 6.07) is 13.1. The minimum absolute atomic E-state index is 0. The second kappa shape index (κ2) is 6.67. The van der Waals surface area contributed by atoms with E-state index in [-0.39, 0.29) is 12.4 Å². The fourth-order valence-electron chi connectivity index (χ4n) is 3.64. The summed E-state index contributed by atoms with van der Waals surface area (Å²) in [4.78, 5) is 7.21. The zero-order valence-corrected chi connectivity index (χ0v) is 13.5. The summed E-state index contributed by atoms with van der Waals surface area (Å²) in [5.74, 6) is 0.593. The Morgan fingerprint density at radius 2 is 1.77 bits per heavy atom. The molecule has 1 saturated heterocycles. The number of hydrogen-bond acceptors (Lipinski definition) is 3. The van der Waals surface area contributed by atoms with Crippen LogP contribution in [0.4, 0.5) is 11.4 Å². The van der Waals surface area contributed by atoms with Gasteiger partial charge in [0.05, 0.1) is 11.4 Å². The SMILES string of the molecule is Cl.c1ccc2c(c1)CCN2c1cccnc1C1CCNCC1. The van der Waals surface area contributed by atoms with Gasteiger partial charge < -0.3 is 10.2 Å². The second-order valence-electron chi connectivity index (χ2n) is 5.96. The number of hydrogen-bond donors (Lipinski definition) is 1. The summed E-state index contributed by atoms with van der Waals surface area (Å²) < 4.78 is 0. The van der Waals surface area contributed by atoms with Gasteiger partial charge in [0.2, 0.25) is 0 Å². The van der Waals surface area contributed by atoms with Crippen molar-refractivity contribution in [2.45, 2.75) is 25.2 Å². The Bertz CT molecular complexity index is 638. The molecule has 0 aliphatic carbocycles. The van der Waals surface area contributed by atoms with Crippen LogP contribution in [0.15, 0.2) is 42.6 Å². The first kappa shape index (κ1) is 15.3. The van der Waals surface area contributed by atoms with Gasteiger partial charge in [-0.05, 0) is 56.1 Å². The molecule has 0 atom stereocenters. The molecule has 2 aliphatic rings. The standard InChI is InChI=1S/C18H21N3.ClH/c1-2-5-16-14(4-1)9-13-21(16)17-6-3-10-20-18(17)15-7-11-19-12-8-15;/h1-6,10,15,19H,7-9,11-13H2;1H. The fourth-order valence-corrected chi connectivity index (χ4v) is 3.64. The second-order valence-corrected chi connectivity index (χ2v) is 5.96. The van der Waals surface area contributed by atoms with Crippen molar-refractivity contribution in [3.05, 3.63) is 53.9 Å². The average Bonchev–Trinajstić information content (AvgIpc) is 3.00. The van der Waals surface area contributed by atoms with Gasteiger partial charge in [-0.3, -0.25) is 4.98 Å². The van der Waals surface area contributed by atoms with Gasteiger partial charge >= 0.3 is 0 Å². The van der Waals surface area contributed by atoms with Crippen molar-refractivity contribution in [2.75, 3.05) is 24.5 Å². The number of pyridine rings is 1. The molecule has 22 heavy (non-hydrogen) atoms. The highest BCUT2D eigenvalue weighted by molar-refractivity contribution is 5.85. The lowest BCUT2D eigenvalue weighted by molar-refractivity contribution is 0.453. The van der Waals surface area contributed by atoms with Gasteiger partial charge in [0.25, 0.3) is 0 Å². The third-order valence-electron chi connectivity index (χ3n) is 4.72. The average molecular weight is 316 g/mol. The summed E-state index contributed by atoms with van der Waals surface area (Å²) in [6.45, 7) is 3.29. The molecule has 4 rings (SSSR count). The van der Waals surface area contributed by atoms with Gasteiger partial charge in [-0.2, -0.15) is 0 Å². The van der Waals surface area contributed by atoms with E-state index in [0.29, 0.717) is 5.92 Å². The molecular formula is C18H22ClN3. The monoisotopic (exact) mass is 315 g/mol. The molecule has 3 nitrogen and oxygen atoms in total. The Morgan fingerprint density at radius 3 is 2.64 bits per heavy atom. The van der Waals surface area contributed by atoms with Crippen LogP contribution >= 0.6 is 12.4 Å². The highest BCUT2D eigenvalue weighted by Gasteiger charge is 2.26. The molecule has 1 aromatic heterocycles. The van der Waals surface area contributed by atoms with Crippen LogP contribution in [0.3, 0.4) is 0 Å². The van der Waals surface area contributed by atoms with Gasteiger partial charge in [0, 0.05) is 24.3 Å². The number of rotatable bonds is 2. The van der Waals surface area contributed by atoms with Gasteiger partial charge in [-0.15, -0.1) is 12.4 Å². The van der Waals surface area contributed by atoms with Crippen molar-refractivity contribution in [2.24, 2.45) is 0 Å². The van der Waals surface area contributed by atoms with Crippen LogP contribution in [0.2, 0.25) is 0 Å². The normalized spacial score (nSPS) is 17.9. The number of aromatic nitrogens is 1. The van der Waals surface area contributed by atoms with E-state index in [4.69, 9.17) is 4.98 Å². The van der Waals surface area contributed by atoms with Crippen LogP contribution in [0, 0.1) is 0 Å². The van der Waals surface area contributed by atoms with E-state index in [1.807, 2.05) is 6.20 Å². The molecule has 4 heteroatoms. The Labute approximate surface area is 138 Å². The predicted molar refractivity (Wildman–Crippen MR) is 93.5 cm³/mol. The third kappa shape index (κ3) is 2.71. The van der Waals surface area contributed by atoms with E-state index in [9.17, 15) is 0 Å². The molecule has 1 aromatic carbocycles. The number of piperidine rings is 1. The molecule has 2 aromatic rings. The van der Waals surface area contributed by atoms with Crippen LogP contribution in [0.1, 0.15) is 30.0 Å². The van der Waals surface area contributed by atoms with Crippen LogP contribution in [0.5, 0.6) is 0 Å². The molecule has 0 saturated carbocycles. The Balaban J connectivity index is 0.00000144. The Morgan fingerprint density at radius 1 is 1.00 bits per heavy atom. The minimum atomic E-state index is 0. The molecule has 0 amide bonds. The molecule has 3 heterocycles. The van der Waals surface area contributed by atoms with Gasteiger partial charge in [0.15, 0.2) is 0 Å². The number of benzene rings is 1. The molecule has 0 spiro atoms. The van der Waals surface area contributed by atoms with E-state index in [1.165, 1.54) is 35.5 Å². The zero-order chi connectivity index (χ0) is 14.1. The number of fused-ring (bicyclic) bond motifs is 1. The molecule has 0 unspecified atom stereocenters. The van der Waals surface area contributed by atoms with E-state index in [2.05, 4.69) is 46.6 Å². The highest BCUT2D eigenvalue weighted by atomic mass is 35.5. The van der Waals surface area contributed by atoms with E-state index in [1.54, 1.807) is 0 Å². The molecule has 116 valence electrons. The van der Waals surface area contributed by atoms with Crippen molar-refractivity contribution in [1.82, 2.24) is 10.3 Å². The van der Waals surface area contributed by atoms with Crippen LogP contribution in [-0.2, 0) is 6.42 Å². The first-order valence-electron chi connectivity index (χ1n) is 7.94. The van der Waals surface area contributed by atoms with Crippen molar-refractivity contribution < 1.29 is 0 Å². The summed E-state index contributed by atoms with van der Waals surface area (Å²) in [7, 11) is 0. The van der Waals surface area contributed by atoms with Crippen LogP contribution in [-0.4, -0.2) is 24.6 Å². The lowest BCUT2D eigenvalue weighted by Gasteiger charge is -2.28. The maximum atomic E-state index is 4.75. The Kier molecular flexibility index (Phi) is 4.65.